The molecule has 1 unspecified atom stereocenters. The number of hydrogen-bond donors (Lipinski definition) is 0. The topological polar surface area (TPSA) is 97.6 Å². The number of fused-ring (bicyclic) bond motifs is 2. The summed E-state index contributed by atoms with van der Waals surface area (Å²) in [5.74, 6) is 1.81. The molecule has 198 valence electrons. The number of nitrogens with zero attached hydrogens (tertiary/aromatic N) is 2. The van der Waals surface area contributed by atoms with E-state index in [-0.39, 0.29) is 17.2 Å². The summed E-state index contributed by atoms with van der Waals surface area (Å²) >= 11 is 1.25. The van der Waals surface area contributed by atoms with Crippen molar-refractivity contribution in [2.75, 3.05) is 27.4 Å². The van der Waals surface area contributed by atoms with E-state index in [4.69, 9.17) is 23.7 Å². The van der Waals surface area contributed by atoms with Gasteiger partial charge in [-0.2, -0.15) is 0 Å². The molecular formula is C28H28N2O7S. The first-order chi connectivity index (χ1) is 18.3. The van der Waals surface area contributed by atoms with Crippen molar-refractivity contribution in [3.8, 4) is 23.0 Å². The van der Waals surface area contributed by atoms with Crippen LogP contribution in [0.4, 0.5) is 0 Å². The summed E-state index contributed by atoms with van der Waals surface area (Å²) < 4.78 is 29.8. The number of thiazole rings is 1. The minimum absolute atomic E-state index is 0.0549. The van der Waals surface area contributed by atoms with Gasteiger partial charge in [-0.15, -0.1) is 0 Å². The molecule has 0 aliphatic carbocycles. The van der Waals surface area contributed by atoms with Crippen molar-refractivity contribution >= 4 is 23.4 Å². The molecule has 0 fully saturated rings. The standard InChI is InChI=1S/C28H28N2O7S/c1-15(2)37-20-9-7-18(14-21(20)33-4)25-24(27(32)34-5)16(3)29-28-30(25)26(31)23(38-28)13-17-6-8-19-22(12-17)36-11-10-35-19/h6-9,12-15,25H,10-11H2,1-5H3/b23-13-. The second-order valence-corrected chi connectivity index (χ2v) is 10.1. The van der Waals surface area contributed by atoms with Crippen LogP contribution >= 0.6 is 11.3 Å². The number of carbonyl (C=O) groups is 1. The third kappa shape index (κ3) is 4.67. The number of carbonyl (C=O) groups excluding carboxylic acids is 1. The van der Waals surface area contributed by atoms with Crippen molar-refractivity contribution in [3.63, 3.8) is 0 Å². The maximum Gasteiger partial charge on any atom is 0.338 e. The Bertz CT molecular complexity index is 1620. The SMILES string of the molecule is COC(=O)C1=C(C)N=c2s/c(=C\c3ccc4c(c3)OCCO4)c(=O)n2C1c1ccc(OC(C)C)c(OC)c1. The lowest BCUT2D eigenvalue weighted by Crippen LogP contribution is -2.39. The number of rotatable bonds is 6. The fraction of sp³-hybridized carbons (Fsp3) is 0.321. The maximum atomic E-state index is 13.8. The largest absolute Gasteiger partial charge is 0.493 e. The van der Waals surface area contributed by atoms with Gasteiger partial charge >= 0.3 is 5.97 Å². The van der Waals surface area contributed by atoms with Crippen LogP contribution in [0.5, 0.6) is 23.0 Å². The first kappa shape index (κ1) is 25.6. The number of hydrogen-bond acceptors (Lipinski definition) is 9. The molecular weight excluding hydrogens is 508 g/mol. The smallest absolute Gasteiger partial charge is 0.338 e. The Balaban J connectivity index is 1.67. The van der Waals surface area contributed by atoms with Crippen molar-refractivity contribution in [2.45, 2.75) is 32.9 Å². The van der Waals surface area contributed by atoms with Gasteiger partial charge in [-0.3, -0.25) is 9.36 Å². The van der Waals surface area contributed by atoms with Crippen LogP contribution in [0.15, 0.2) is 57.5 Å². The quantitative estimate of drug-likeness (QED) is 0.447. The molecule has 0 N–H and O–H groups in total. The number of benzene rings is 2. The van der Waals surface area contributed by atoms with E-state index >= 15 is 0 Å². The third-order valence-electron chi connectivity index (χ3n) is 6.16. The van der Waals surface area contributed by atoms with E-state index in [0.29, 0.717) is 56.8 Å². The van der Waals surface area contributed by atoms with Gasteiger partial charge in [-0.25, -0.2) is 9.79 Å². The van der Waals surface area contributed by atoms with Crippen molar-refractivity contribution in [1.29, 1.82) is 0 Å². The van der Waals surface area contributed by atoms with Gasteiger partial charge < -0.3 is 23.7 Å². The van der Waals surface area contributed by atoms with Crippen LogP contribution in [-0.2, 0) is 9.53 Å². The highest BCUT2D eigenvalue weighted by Gasteiger charge is 2.33. The summed E-state index contributed by atoms with van der Waals surface area (Å²) in [7, 11) is 2.86. The molecule has 0 spiro atoms. The van der Waals surface area contributed by atoms with Gasteiger partial charge in [0.15, 0.2) is 27.8 Å². The molecule has 2 aliphatic rings. The Morgan fingerprint density at radius 2 is 1.87 bits per heavy atom. The van der Waals surface area contributed by atoms with Gasteiger partial charge in [0.05, 0.1) is 42.2 Å². The van der Waals surface area contributed by atoms with Gasteiger partial charge in [-0.1, -0.05) is 23.5 Å². The number of aromatic nitrogens is 1. The van der Waals surface area contributed by atoms with Crippen LogP contribution in [0.25, 0.3) is 6.08 Å². The lowest BCUT2D eigenvalue weighted by atomic mass is 9.95. The number of esters is 1. The Morgan fingerprint density at radius 3 is 2.58 bits per heavy atom. The second-order valence-electron chi connectivity index (χ2n) is 9.05. The number of methoxy groups -OCH3 is 2. The molecule has 1 atom stereocenters. The summed E-state index contributed by atoms with van der Waals surface area (Å²) in [4.78, 5) is 31.8. The molecule has 3 aromatic rings. The predicted octanol–water partition coefficient (Wildman–Crippen LogP) is 2.98. The van der Waals surface area contributed by atoms with E-state index in [0.717, 1.165) is 5.56 Å². The summed E-state index contributed by atoms with van der Waals surface area (Å²) in [5, 5.41) is 0. The molecule has 2 aromatic carbocycles. The van der Waals surface area contributed by atoms with Gasteiger partial charge in [0.25, 0.3) is 5.56 Å². The predicted molar refractivity (Wildman–Crippen MR) is 142 cm³/mol. The first-order valence-electron chi connectivity index (χ1n) is 12.2. The molecule has 10 heteroatoms. The molecule has 2 aliphatic heterocycles. The minimum atomic E-state index is -0.761. The Morgan fingerprint density at radius 1 is 1.11 bits per heavy atom. The van der Waals surface area contributed by atoms with E-state index < -0.39 is 12.0 Å². The highest BCUT2D eigenvalue weighted by Crippen LogP contribution is 2.36. The van der Waals surface area contributed by atoms with Gasteiger partial charge in [0, 0.05) is 0 Å². The minimum Gasteiger partial charge on any atom is -0.493 e. The van der Waals surface area contributed by atoms with Crippen LogP contribution < -0.4 is 33.8 Å². The van der Waals surface area contributed by atoms with Gasteiger partial charge in [-0.05, 0) is 62.2 Å². The molecule has 0 amide bonds. The molecule has 9 nitrogen and oxygen atoms in total. The third-order valence-corrected chi connectivity index (χ3v) is 7.14. The van der Waals surface area contributed by atoms with Crippen LogP contribution in [0, 0.1) is 0 Å². The van der Waals surface area contributed by atoms with E-state index in [1.165, 1.54) is 23.0 Å². The molecule has 38 heavy (non-hydrogen) atoms. The first-order valence-corrected chi connectivity index (χ1v) is 13.0. The monoisotopic (exact) mass is 536 g/mol. The summed E-state index contributed by atoms with van der Waals surface area (Å²) in [5.41, 5.74) is 1.95. The van der Waals surface area contributed by atoms with Crippen molar-refractivity contribution in [1.82, 2.24) is 4.57 Å². The van der Waals surface area contributed by atoms with Crippen molar-refractivity contribution < 1.29 is 28.5 Å². The van der Waals surface area contributed by atoms with Crippen molar-refractivity contribution in [2.24, 2.45) is 4.99 Å². The van der Waals surface area contributed by atoms with Crippen LogP contribution in [0.2, 0.25) is 0 Å². The Hall–Kier alpha value is -4.05. The fourth-order valence-electron chi connectivity index (χ4n) is 4.51. The highest BCUT2D eigenvalue weighted by atomic mass is 32.1. The van der Waals surface area contributed by atoms with Gasteiger partial charge in [0.1, 0.15) is 13.2 Å². The molecule has 5 rings (SSSR count). The van der Waals surface area contributed by atoms with E-state index in [1.54, 1.807) is 32.2 Å². The number of ether oxygens (including phenoxy) is 5. The summed E-state index contributed by atoms with van der Waals surface area (Å²) in [6.07, 6.45) is 1.73. The average molecular weight is 537 g/mol. The van der Waals surface area contributed by atoms with Crippen molar-refractivity contribution in [3.05, 3.63) is 78.5 Å². The van der Waals surface area contributed by atoms with Crippen LogP contribution in [0.1, 0.15) is 37.9 Å². The van der Waals surface area contributed by atoms with E-state index in [9.17, 15) is 9.59 Å². The summed E-state index contributed by atoms with van der Waals surface area (Å²) in [6, 6.07) is 10.2. The lowest BCUT2D eigenvalue weighted by molar-refractivity contribution is -0.136. The Kier molecular flexibility index (Phi) is 6.98. The van der Waals surface area contributed by atoms with Crippen LogP contribution in [-0.4, -0.2) is 44.1 Å². The van der Waals surface area contributed by atoms with Gasteiger partial charge in [0.2, 0.25) is 0 Å². The zero-order valence-corrected chi connectivity index (χ0v) is 22.6. The van der Waals surface area contributed by atoms with E-state index in [1.807, 2.05) is 38.1 Å². The highest BCUT2D eigenvalue weighted by molar-refractivity contribution is 7.07. The molecule has 0 radical (unpaired) electrons. The van der Waals surface area contributed by atoms with Crippen LogP contribution in [0.3, 0.4) is 0 Å². The zero-order valence-electron chi connectivity index (χ0n) is 21.8. The fourth-order valence-corrected chi connectivity index (χ4v) is 5.56. The summed E-state index contributed by atoms with van der Waals surface area (Å²) in [6.45, 7) is 6.56. The maximum absolute atomic E-state index is 13.8. The lowest BCUT2D eigenvalue weighted by Gasteiger charge is -2.25. The molecule has 0 saturated carbocycles. The Labute approximate surface area is 223 Å². The zero-order chi connectivity index (χ0) is 27.0. The van der Waals surface area contributed by atoms with E-state index in [2.05, 4.69) is 4.99 Å². The number of allylic oxidation sites excluding steroid dienone is 1. The normalized spacial score (nSPS) is 16.7. The average Bonchev–Trinajstić information content (AvgIpc) is 3.21. The molecule has 3 heterocycles. The second kappa shape index (κ2) is 10.4. The molecule has 0 bridgehead atoms. The molecule has 1 aromatic heterocycles. The molecule has 0 saturated heterocycles.